The van der Waals surface area contributed by atoms with Gasteiger partial charge in [-0.2, -0.15) is 0 Å². The summed E-state index contributed by atoms with van der Waals surface area (Å²) in [6.45, 7) is 2.22. The average molecular weight is 200 g/mol. The summed E-state index contributed by atoms with van der Waals surface area (Å²) in [7, 11) is 0. The molecule has 0 aromatic heterocycles. The molecule has 0 saturated heterocycles. The second-order valence-electron chi connectivity index (χ2n) is 2.63. The van der Waals surface area contributed by atoms with Crippen molar-refractivity contribution in [2.75, 3.05) is 6.61 Å². The van der Waals surface area contributed by atoms with E-state index in [1.54, 1.807) is 13.0 Å². The molecule has 76 valence electrons. The Kier molecular flexibility index (Phi) is 3.56. The lowest BCUT2D eigenvalue weighted by atomic mass is 10.1. The van der Waals surface area contributed by atoms with E-state index in [0.29, 0.717) is 12.4 Å². The molecule has 0 bridgehead atoms. The molecule has 2 nitrogen and oxygen atoms in total. The number of hydrogen-bond acceptors (Lipinski definition) is 2. The maximum atomic E-state index is 12.0. The zero-order valence-electron chi connectivity index (χ0n) is 7.67. The van der Waals surface area contributed by atoms with Gasteiger partial charge in [-0.1, -0.05) is 12.1 Å². The second kappa shape index (κ2) is 4.69. The van der Waals surface area contributed by atoms with Crippen LogP contribution in [0.2, 0.25) is 0 Å². The van der Waals surface area contributed by atoms with Crippen molar-refractivity contribution < 1.29 is 18.3 Å². The van der Waals surface area contributed by atoms with Crippen LogP contribution in [0.1, 0.15) is 17.3 Å². The van der Waals surface area contributed by atoms with Gasteiger partial charge in [0.2, 0.25) is 5.78 Å². The van der Waals surface area contributed by atoms with Crippen LogP contribution >= 0.6 is 0 Å². The maximum Gasteiger partial charge on any atom is 0.300 e. The van der Waals surface area contributed by atoms with Gasteiger partial charge in [-0.05, 0) is 19.1 Å². The SMILES string of the molecule is CCOc1cccc(C(=O)C(F)F)c1. The first-order valence-corrected chi connectivity index (χ1v) is 4.20. The first-order chi connectivity index (χ1) is 6.65. The number of carbonyl (C=O) groups is 1. The highest BCUT2D eigenvalue weighted by molar-refractivity contribution is 5.98. The molecule has 0 amide bonds. The third-order valence-corrected chi connectivity index (χ3v) is 1.63. The van der Waals surface area contributed by atoms with Gasteiger partial charge in [0.25, 0.3) is 0 Å². The van der Waals surface area contributed by atoms with E-state index < -0.39 is 12.2 Å². The number of rotatable bonds is 4. The van der Waals surface area contributed by atoms with E-state index in [4.69, 9.17) is 4.74 Å². The Balaban J connectivity index is 2.88. The van der Waals surface area contributed by atoms with E-state index in [1.807, 2.05) is 0 Å². The van der Waals surface area contributed by atoms with Crippen LogP contribution in [0, 0.1) is 0 Å². The zero-order chi connectivity index (χ0) is 10.6. The molecule has 1 aromatic carbocycles. The van der Waals surface area contributed by atoms with Gasteiger partial charge in [-0.3, -0.25) is 4.79 Å². The normalized spacial score (nSPS) is 10.3. The topological polar surface area (TPSA) is 26.3 Å². The Bertz CT molecular complexity index is 324. The smallest absolute Gasteiger partial charge is 0.300 e. The summed E-state index contributed by atoms with van der Waals surface area (Å²) in [5.74, 6) is -0.745. The number of carbonyl (C=O) groups excluding carboxylic acids is 1. The largest absolute Gasteiger partial charge is 0.494 e. The van der Waals surface area contributed by atoms with Gasteiger partial charge in [0.05, 0.1) is 6.61 Å². The molecule has 0 aliphatic heterocycles. The maximum absolute atomic E-state index is 12.0. The Hall–Kier alpha value is -1.45. The molecule has 0 saturated carbocycles. The molecule has 0 unspecified atom stereocenters. The van der Waals surface area contributed by atoms with E-state index >= 15 is 0 Å². The Labute approximate surface area is 80.5 Å². The van der Waals surface area contributed by atoms with Gasteiger partial charge in [-0.25, -0.2) is 8.78 Å². The summed E-state index contributed by atoms with van der Waals surface area (Å²) < 4.78 is 29.2. The molecule has 4 heteroatoms. The van der Waals surface area contributed by atoms with Crippen LogP contribution in [0.25, 0.3) is 0 Å². The van der Waals surface area contributed by atoms with Crippen LogP contribution in [0.15, 0.2) is 24.3 Å². The third-order valence-electron chi connectivity index (χ3n) is 1.63. The van der Waals surface area contributed by atoms with E-state index in [0.717, 1.165) is 0 Å². The Morgan fingerprint density at radius 3 is 2.79 bits per heavy atom. The van der Waals surface area contributed by atoms with Crippen LogP contribution in [0.5, 0.6) is 5.75 Å². The van der Waals surface area contributed by atoms with Gasteiger partial charge >= 0.3 is 6.43 Å². The first kappa shape index (κ1) is 10.6. The number of hydrogen-bond donors (Lipinski definition) is 0. The molecule has 0 spiro atoms. The molecule has 0 aliphatic carbocycles. The van der Waals surface area contributed by atoms with E-state index in [-0.39, 0.29) is 5.56 Å². The van der Waals surface area contributed by atoms with Gasteiger partial charge in [0.15, 0.2) is 0 Å². The van der Waals surface area contributed by atoms with Crippen molar-refractivity contribution in [3.8, 4) is 5.75 Å². The summed E-state index contributed by atoms with van der Waals surface area (Å²) in [4.78, 5) is 10.9. The molecule has 1 aromatic rings. The van der Waals surface area contributed by atoms with E-state index in [9.17, 15) is 13.6 Å². The lowest BCUT2D eigenvalue weighted by molar-refractivity contribution is 0.0678. The Morgan fingerprint density at radius 1 is 1.50 bits per heavy atom. The quantitative estimate of drug-likeness (QED) is 0.698. The summed E-state index contributed by atoms with van der Waals surface area (Å²) in [5, 5.41) is 0. The second-order valence-corrected chi connectivity index (χ2v) is 2.63. The first-order valence-electron chi connectivity index (χ1n) is 4.20. The molecule has 14 heavy (non-hydrogen) atoms. The number of ketones is 1. The molecule has 0 heterocycles. The molecule has 1 rings (SSSR count). The highest BCUT2D eigenvalue weighted by atomic mass is 19.3. The third kappa shape index (κ3) is 2.52. The molecular formula is C10H10F2O2. The van der Waals surface area contributed by atoms with Gasteiger partial charge in [-0.15, -0.1) is 0 Å². The van der Waals surface area contributed by atoms with Crippen molar-refractivity contribution in [2.45, 2.75) is 13.3 Å². The minimum atomic E-state index is -2.97. The fourth-order valence-corrected chi connectivity index (χ4v) is 1.03. The minimum Gasteiger partial charge on any atom is -0.494 e. The fourth-order valence-electron chi connectivity index (χ4n) is 1.03. The van der Waals surface area contributed by atoms with Gasteiger partial charge in [0, 0.05) is 5.56 Å². The van der Waals surface area contributed by atoms with Crippen molar-refractivity contribution in [1.82, 2.24) is 0 Å². The van der Waals surface area contributed by atoms with Crippen molar-refractivity contribution in [2.24, 2.45) is 0 Å². The van der Waals surface area contributed by atoms with E-state index in [1.165, 1.54) is 18.2 Å². The van der Waals surface area contributed by atoms with Crippen LogP contribution in [0.4, 0.5) is 8.78 Å². The van der Waals surface area contributed by atoms with Crippen LogP contribution in [-0.4, -0.2) is 18.8 Å². The molecule has 0 aliphatic rings. The predicted octanol–water partition coefficient (Wildman–Crippen LogP) is 2.53. The van der Waals surface area contributed by atoms with Gasteiger partial charge in [0.1, 0.15) is 5.75 Å². The summed E-state index contributed by atoms with van der Waals surface area (Å²) in [6.07, 6.45) is -2.97. The molecular weight excluding hydrogens is 190 g/mol. The average Bonchev–Trinajstić information content (AvgIpc) is 2.17. The summed E-state index contributed by atoms with van der Waals surface area (Å²) >= 11 is 0. The standard InChI is InChI=1S/C10H10F2O2/c1-2-14-8-5-3-4-7(6-8)9(13)10(11)12/h3-6,10H,2H2,1H3. The number of Topliss-reactive ketones (excluding diaryl/α,β-unsaturated/α-hetero) is 1. The van der Waals surface area contributed by atoms with Gasteiger partial charge < -0.3 is 4.74 Å². The lowest BCUT2D eigenvalue weighted by Crippen LogP contribution is -2.10. The highest BCUT2D eigenvalue weighted by Crippen LogP contribution is 2.15. The van der Waals surface area contributed by atoms with Crippen LogP contribution in [0.3, 0.4) is 0 Å². The minimum absolute atomic E-state index is 0.0223. The molecule has 0 fully saturated rings. The number of ether oxygens (including phenoxy) is 1. The summed E-state index contributed by atoms with van der Waals surface area (Å²) in [6, 6.07) is 5.79. The highest BCUT2D eigenvalue weighted by Gasteiger charge is 2.17. The number of alkyl halides is 2. The number of halogens is 2. The molecule has 0 N–H and O–H groups in total. The Morgan fingerprint density at radius 2 is 2.21 bits per heavy atom. The van der Waals surface area contributed by atoms with Crippen molar-refractivity contribution >= 4 is 5.78 Å². The van der Waals surface area contributed by atoms with Crippen LogP contribution in [-0.2, 0) is 0 Å². The van der Waals surface area contributed by atoms with Crippen molar-refractivity contribution in [3.05, 3.63) is 29.8 Å². The lowest BCUT2D eigenvalue weighted by Gasteiger charge is -2.04. The monoisotopic (exact) mass is 200 g/mol. The number of benzene rings is 1. The zero-order valence-corrected chi connectivity index (χ0v) is 7.67. The molecule has 0 atom stereocenters. The molecule has 0 radical (unpaired) electrons. The van der Waals surface area contributed by atoms with Crippen molar-refractivity contribution in [1.29, 1.82) is 0 Å². The predicted molar refractivity (Wildman–Crippen MR) is 47.9 cm³/mol. The summed E-state index contributed by atoms with van der Waals surface area (Å²) in [5.41, 5.74) is -0.0223. The van der Waals surface area contributed by atoms with Crippen LogP contribution < -0.4 is 4.74 Å². The van der Waals surface area contributed by atoms with E-state index in [2.05, 4.69) is 0 Å². The fraction of sp³-hybridized carbons (Fsp3) is 0.300. The van der Waals surface area contributed by atoms with Crippen molar-refractivity contribution in [3.63, 3.8) is 0 Å².